The highest BCUT2D eigenvalue weighted by atomic mass is 32.2. The molecule has 1 N–H and O–H groups in total. The van der Waals surface area contributed by atoms with E-state index >= 15 is 0 Å². The van der Waals surface area contributed by atoms with E-state index in [1.807, 2.05) is 4.90 Å². The van der Waals surface area contributed by atoms with Gasteiger partial charge in [0.1, 0.15) is 0 Å². The number of carbonyl (C=O) groups is 1. The summed E-state index contributed by atoms with van der Waals surface area (Å²) in [4.78, 5) is 14.8. The third-order valence-electron chi connectivity index (χ3n) is 5.97. The van der Waals surface area contributed by atoms with Crippen LogP contribution in [0.25, 0.3) is 0 Å². The number of piperidine rings is 1. The zero-order chi connectivity index (χ0) is 19.6. The third kappa shape index (κ3) is 4.46. The Morgan fingerprint density at radius 3 is 2.44 bits per heavy atom. The van der Waals surface area contributed by atoms with Gasteiger partial charge in [-0.2, -0.15) is 0 Å². The number of urea groups is 1. The first-order valence-corrected chi connectivity index (χ1v) is 11.5. The Morgan fingerprint density at radius 2 is 1.81 bits per heavy atom. The lowest BCUT2D eigenvalue weighted by Crippen LogP contribution is -2.50. The van der Waals surface area contributed by atoms with Crippen LogP contribution in [0.4, 0.5) is 4.79 Å². The van der Waals surface area contributed by atoms with Gasteiger partial charge < -0.3 is 10.2 Å². The van der Waals surface area contributed by atoms with Gasteiger partial charge in [0.2, 0.25) is 10.0 Å². The summed E-state index contributed by atoms with van der Waals surface area (Å²) in [5.41, 5.74) is 3.72. The van der Waals surface area contributed by atoms with E-state index < -0.39 is 10.0 Å². The molecule has 1 aromatic rings. The molecule has 2 aliphatic rings. The second-order valence-electron chi connectivity index (χ2n) is 7.72. The highest BCUT2D eigenvalue weighted by molar-refractivity contribution is 7.89. The molecule has 0 spiro atoms. The van der Waals surface area contributed by atoms with Crippen LogP contribution < -0.4 is 5.32 Å². The van der Waals surface area contributed by atoms with E-state index in [0.717, 1.165) is 19.4 Å². The number of rotatable bonds is 4. The van der Waals surface area contributed by atoms with Crippen LogP contribution in [0.2, 0.25) is 0 Å². The Bertz CT molecular complexity index is 786. The van der Waals surface area contributed by atoms with Crippen LogP contribution in [-0.2, 0) is 10.0 Å². The van der Waals surface area contributed by atoms with Gasteiger partial charge in [-0.05, 0) is 63.1 Å². The molecular formula is C20H31N3O3S. The quantitative estimate of drug-likeness (QED) is 0.855. The van der Waals surface area contributed by atoms with E-state index in [1.54, 1.807) is 11.2 Å². The minimum atomic E-state index is -3.13. The van der Waals surface area contributed by atoms with Crippen LogP contribution >= 0.6 is 0 Å². The Hall–Kier alpha value is -1.60. The van der Waals surface area contributed by atoms with Crippen LogP contribution in [-0.4, -0.2) is 55.1 Å². The van der Waals surface area contributed by atoms with E-state index in [0.29, 0.717) is 25.9 Å². The molecule has 0 aliphatic carbocycles. The van der Waals surface area contributed by atoms with Crippen LogP contribution in [0.1, 0.15) is 55.3 Å². The van der Waals surface area contributed by atoms with Gasteiger partial charge in [0.05, 0.1) is 11.8 Å². The summed E-state index contributed by atoms with van der Waals surface area (Å²) < 4.78 is 25.5. The van der Waals surface area contributed by atoms with E-state index in [-0.39, 0.29) is 23.9 Å². The van der Waals surface area contributed by atoms with Crippen molar-refractivity contribution >= 4 is 16.1 Å². The van der Waals surface area contributed by atoms with Crippen LogP contribution in [0.3, 0.4) is 0 Å². The van der Waals surface area contributed by atoms with Gasteiger partial charge in [0, 0.05) is 25.7 Å². The fourth-order valence-electron chi connectivity index (χ4n) is 4.05. The fraction of sp³-hybridized carbons (Fsp3) is 0.650. The molecule has 0 aromatic heterocycles. The second kappa shape index (κ2) is 8.19. The number of nitrogens with zero attached hydrogens (tertiary/aromatic N) is 2. The minimum Gasteiger partial charge on any atom is -0.335 e. The van der Waals surface area contributed by atoms with Gasteiger partial charge in [0.15, 0.2) is 0 Å². The van der Waals surface area contributed by atoms with Crippen molar-refractivity contribution in [3.05, 3.63) is 34.9 Å². The number of carbonyl (C=O) groups excluding carboxylic acids is 1. The van der Waals surface area contributed by atoms with Gasteiger partial charge in [-0.1, -0.05) is 18.2 Å². The van der Waals surface area contributed by atoms with Gasteiger partial charge in [0.25, 0.3) is 0 Å². The molecule has 27 heavy (non-hydrogen) atoms. The van der Waals surface area contributed by atoms with Crippen molar-refractivity contribution in [3.8, 4) is 0 Å². The van der Waals surface area contributed by atoms with Gasteiger partial charge in [-0.25, -0.2) is 17.5 Å². The van der Waals surface area contributed by atoms with Crippen LogP contribution in [0.15, 0.2) is 18.2 Å². The topological polar surface area (TPSA) is 69.7 Å². The molecule has 0 saturated carbocycles. The zero-order valence-corrected chi connectivity index (χ0v) is 17.4. The predicted molar refractivity (Wildman–Crippen MR) is 107 cm³/mol. The largest absolute Gasteiger partial charge is 0.335 e. The Balaban J connectivity index is 1.60. The molecule has 150 valence electrons. The second-order valence-corrected chi connectivity index (χ2v) is 9.98. The first-order chi connectivity index (χ1) is 12.8. The molecule has 6 nitrogen and oxygen atoms in total. The van der Waals surface area contributed by atoms with E-state index in [4.69, 9.17) is 0 Å². The Labute approximate surface area is 163 Å². The molecule has 0 bridgehead atoms. The number of hydrogen-bond acceptors (Lipinski definition) is 3. The van der Waals surface area contributed by atoms with E-state index in [9.17, 15) is 13.2 Å². The summed E-state index contributed by atoms with van der Waals surface area (Å²) >= 11 is 0. The maximum Gasteiger partial charge on any atom is 0.318 e. The monoisotopic (exact) mass is 393 g/mol. The molecule has 2 amide bonds. The van der Waals surface area contributed by atoms with Crippen molar-refractivity contribution < 1.29 is 13.2 Å². The Morgan fingerprint density at radius 1 is 1.11 bits per heavy atom. The molecule has 1 unspecified atom stereocenters. The summed E-state index contributed by atoms with van der Waals surface area (Å²) in [7, 11) is -3.13. The molecule has 1 aromatic carbocycles. The minimum absolute atomic E-state index is 0.0208. The van der Waals surface area contributed by atoms with Crippen molar-refractivity contribution in [2.45, 2.75) is 58.5 Å². The average molecular weight is 394 g/mol. The summed E-state index contributed by atoms with van der Waals surface area (Å²) in [6, 6.07) is 6.61. The number of nitrogens with one attached hydrogen (secondary N) is 1. The number of aryl methyl sites for hydroxylation is 2. The lowest BCUT2D eigenvalue weighted by atomic mass is 9.99. The van der Waals surface area contributed by atoms with Gasteiger partial charge in [-0.3, -0.25) is 0 Å². The van der Waals surface area contributed by atoms with Crippen LogP contribution in [0.5, 0.6) is 0 Å². The van der Waals surface area contributed by atoms with Gasteiger partial charge >= 0.3 is 6.03 Å². The first kappa shape index (κ1) is 20.1. The van der Waals surface area contributed by atoms with E-state index in [2.05, 4.69) is 37.4 Å². The number of amides is 2. The zero-order valence-electron chi connectivity index (χ0n) is 16.6. The van der Waals surface area contributed by atoms with Crippen molar-refractivity contribution in [1.82, 2.24) is 14.5 Å². The average Bonchev–Trinajstić information content (AvgIpc) is 3.14. The maximum absolute atomic E-state index is 12.9. The summed E-state index contributed by atoms with van der Waals surface area (Å²) in [5, 5.41) is 3.14. The lowest BCUT2D eigenvalue weighted by molar-refractivity contribution is 0.182. The smallest absolute Gasteiger partial charge is 0.318 e. The normalized spacial score (nSPS) is 22.2. The highest BCUT2D eigenvalue weighted by Gasteiger charge is 2.33. The molecule has 0 radical (unpaired) electrons. The molecular weight excluding hydrogens is 362 g/mol. The molecule has 1 atom stereocenters. The standard InChI is InChI=1S/C20H31N3O3S/c1-4-27(25,26)22-12-9-18(10-13-22)21-20(24)23-11-5-6-19(23)17-8-7-15(2)16(3)14-17/h7-8,14,18-19H,4-6,9-13H2,1-3H3,(H,21,24). The van der Waals surface area contributed by atoms with Crippen molar-refractivity contribution in [1.29, 1.82) is 0 Å². The summed E-state index contributed by atoms with van der Waals surface area (Å²) in [6.45, 7) is 7.62. The lowest BCUT2D eigenvalue weighted by Gasteiger charge is -2.33. The van der Waals surface area contributed by atoms with Crippen LogP contribution in [0, 0.1) is 13.8 Å². The molecule has 2 saturated heterocycles. The maximum atomic E-state index is 12.9. The molecule has 2 aliphatic heterocycles. The summed E-state index contributed by atoms with van der Waals surface area (Å²) in [6.07, 6.45) is 3.35. The predicted octanol–water partition coefficient (Wildman–Crippen LogP) is 2.96. The van der Waals surface area contributed by atoms with Crippen molar-refractivity contribution in [2.75, 3.05) is 25.4 Å². The van der Waals surface area contributed by atoms with Crippen molar-refractivity contribution in [3.63, 3.8) is 0 Å². The molecule has 3 rings (SSSR count). The van der Waals surface area contributed by atoms with Gasteiger partial charge in [-0.15, -0.1) is 0 Å². The fourth-order valence-corrected chi connectivity index (χ4v) is 5.18. The molecule has 2 fully saturated rings. The molecule has 7 heteroatoms. The first-order valence-electron chi connectivity index (χ1n) is 9.94. The summed E-state index contributed by atoms with van der Waals surface area (Å²) in [5.74, 6) is 0.134. The number of sulfonamides is 1. The number of hydrogen-bond donors (Lipinski definition) is 1. The Kier molecular flexibility index (Phi) is 6.11. The highest BCUT2D eigenvalue weighted by Crippen LogP contribution is 2.33. The van der Waals surface area contributed by atoms with E-state index in [1.165, 1.54) is 16.7 Å². The SMILES string of the molecule is CCS(=O)(=O)N1CCC(NC(=O)N2CCCC2c2ccc(C)c(C)c2)CC1. The molecule has 2 heterocycles. The third-order valence-corrected chi connectivity index (χ3v) is 7.85. The van der Waals surface area contributed by atoms with Crippen molar-refractivity contribution in [2.24, 2.45) is 0 Å². The number of likely N-dealkylation sites (tertiary alicyclic amines) is 1. The number of benzene rings is 1.